The molecule has 0 fully saturated rings. The lowest BCUT2D eigenvalue weighted by atomic mass is 10.2. The van der Waals surface area contributed by atoms with Gasteiger partial charge in [-0.05, 0) is 73.9 Å². The Morgan fingerprint density at radius 1 is 0.892 bits per heavy atom. The van der Waals surface area contributed by atoms with Gasteiger partial charge in [-0.3, -0.25) is 9.10 Å². The van der Waals surface area contributed by atoms with Crippen molar-refractivity contribution in [2.24, 2.45) is 0 Å². The van der Waals surface area contributed by atoms with E-state index in [1.807, 2.05) is 6.92 Å². The smallest absolute Gasteiger partial charge is 0.264 e. The predicted molar refractivity (Wildman–Crippen MR) is 145 cm³/mol. The first-order valence-electron chi connectivity index (χ1n) is 11.5. The molecule has 1 amide bonds. The maximum atomic E-state index is 13.8. The van der Waals surface area contributed by atoms with E-state index in [-0.39, 0.29) is 9.79 Å². The van der Waals surface area contributed by atoms with E-state index in [1.165, 1.54) is 43.3 Å². The monoisotopic (exact) mass is 561 g/mol. The molecule has 1 aliphatic heterocycles. The molecule has 0 unspecified atom stereocenters. The van der Waals surface area contributed by atoms with E-state index in [1.54, 1.807) is 43.3 Å². The number of sulfonamides is 2. The van der Waals surface area contributed by atoms with Gasteiger partial charge in [0.2, 0.25) is 15.9 Å². The summed E-state index contributed by atoms with van der Waals surface area (Å²) in [6, 6.07) is 16.0. The average molecular weight is 562 g/mol. The summed E-state index contributed by atoms with van der Waals surface area (Å²) < 4.78 is 54.8. The number of fused-ring (bicyclic) bond motifs is 1. The fourth-order valence-electron chi connectivity index (χ4n) is 4.21. The van der Waals surface area contributed by atoms with Crippen LogP contribution in [-0.2, 0) is 31.3 Å². The molecule has 0 aromatic heterocycles. The fraction of sp³-hybridized carbons (Fsp3) is 0.269. The molecule has 8 nitrogen and oxygen atoms in total. The molecule has 1 heterocycles. The van der Waals surface area contributed by atoms with Gasteiger partial charge in [-0.2, -0.15) is 0 Å². The van der Waals surface area contributed by atoms with Crippen LogP contribution in [0.25, 0.3) is 0 Å². The van der Waals surface area contributed by atoms with Crippen LogP contribution in [0, 0.1) is 13.8 Å². The lowest BCUT2D eigenvalue weighted by molar-refractivity contribution is -0.117. The molecule has 4 rings (SSSR count). The standard InChI is InChI=1S/C26H28ClN3O5S2/c1-18-5-9-22(10-6-18)37(34,35)30(25-16-21(27)8-7-19(25)2)17-26(31)29-14-13-20-15-23(11-12-24(20)29)36(32,33)28(3)4/h5-12,15-16H,13-14,17H2,1-4H3. The Morgan fingerprint density at radius 3 is 2.19 bits per heavy atom. The van der Waals surface area contributed by atoms with Gasteiger partial charge in [-0.25, -0.2) is 21.1 Å². The van der Waals surface area contributed by atoms with Crippen LogP contribution in [0.1, 0.15) is 16.7 Å². The second-order valence-corrected chi connectivity index (χ2v) is 13.6. The Morgan fingerprint density at radius 2 is 1.54 bits per heavy atom. The van der Waals surface area contributed by atoms with E-state index < -0.39 is 32.5 Å². The van der Waals surface area contributed by atoms with E-state index in [2.05, 4.69) is 0 Å². The van der Waals surface area contributed by atoms with Crippen molar-refractivity contribution in [1.82, 2.24) is 4.31 Å². The minimum atomic E-state index is -4.11. The number of anilines is 2. The van der Waals surface area contributed by atoms with Gasteiger partial charge in [0, 0.05) is 31.4 Å². The van der Waals surface area contributed by atoms with Crippen LogP contribution in [0.4, 0.5) is 11.4 Å². The van der Waals surface area contributed by atoms with Crippen LogP contribution >= 0.6 is 11.6 Å². The minimum absolute atomic E-state index is 0.0608. The second-order valence-electron chi connectivity index (χ2n) is 9.13. The molecule has 1 aliphatic rings. The highest BCUT2D eigenvalue weighted by molar-refractivity contribution is 7.92. The molecule has 0 saturated carbocycles. The van der Waals surface area contributed by atoms with Crippen molar-refractivity contribution in [2.75, 3.05) is 36.4 Å². The number of carbonyl (C=O) groups is 1. The molecular formula is C26H28ClN3O5S2. The van der Waals surface area contributed by atoms with Gasteiger partial charge in [0.1, 0.15) is 6.54 Å². The molecule has 0 bridgehead atoms. The first kappa shape index (κ1) is 27.1. The summed E-state index contributed by atoms with van der Waals surface area (Å²) in [7, 11) is -4.81. The molecule has 0 spiro atoms. The van der Waals surface area contributed by atoms with E-state index in [4.69, 9.17) is 11.6 Å². The fourth-order valence-corrected chi connectivity index (χ4v) is 6.79. The van der Waals surface area contributed by atoms with Crippen LogP contribution in [0.3, 0.4) is 0 Å². The van der Waals surface area contributed by atoms with Gasteiger partial charge in [0.15, 0.2) is 0 Å². The first-order chi connectivity index (χ1) is 17.3. The van der Waals surface area contributed by atoms with Crippen molar-refractivity contribution in [2.45, 2.75) is 30.1 Å². The van der Waals surface area contributed by atoms with Gasteiger partial charge in [0.05, 0.1) is 15.5 Å². The molecule has 196 valence electrons. The van der Waals surface area contributed by atoms with Crippen LogP contribution in [-0.4, -0.2) is 54.2 Å². The largest absolute Gasteiger partial charge is 0.310 e. The van der Waals surface area contributed by atoms with E-state index in [0.29, 0.717) is 40.5 Å². The highest BCUT2D eigenvalue weighted by Gasteiger charge is 2.33. The van der Waals surface area contributed by atoms with Gasteiger partial charge < -0.3 is 4.90 Å². The van der Waals surface area contributed by atoms with Crippen LogP contribution in [0.2, 0.25) is 5.02 Å². The number of benzene rings is 3. The van der Waals surface area contributed by atoms with Crippen LogP contribution in [0.15, 0.2) is 70.5 Å². The number of aryl methyl sites for hydroxylation is 2. The number of halogens is 1. The van der Waals surface area contributed by atoms with E-state index in [9.17, 15) is 21.6 Å². The normalized spacial score (nSPS) is 13.6. The summed E-state index contributed by atoms with van der Waals surface area (Å²) in [5.41, 5.74) is 3.15. The molecule has 0 N–H and O–H groups in total. The number of rotatable bonds is 7. The van der Waals surface area contributed by atoms with Crippen molar-refractivity contribution < 1.29 is 21.6 Å². The molecule has 3 aromatic rings. The Balaban J connectivity index is 1.71. The first-order valence-corrected chi connectivity index (χ1v) is 14.8. The lowest BCUT2D eigenvalue weighted by Gasteiger charge is -2.28. The predicted octanol–water partition coefficient (Wildman–Crippen LogP) is 3.99. The Kier molecular flexibility index (Phi) is 7.40. The van der Waals surface area contributed by atoms with Crippen LogP contribution in [0.5, 0.6) is 0 Å². The van der Waals surface area contributed by atoms with Crippen molar-refractivity contribution in [3.8, 4) is 0 Å². The highest BCUT2D eigenvalue weighted by Crippen LogP contribution is 2.33. The molecule has 0 saturated heterocycles. The number of carbonyl (C=O) groups excluding carboxylic acids is 1. The summed E-state index contributed by atoms with van der Waals surface area (Å²) >= 11 is 6.21. The Labute approximate surface area is 223 Å². The zero-order valence-electron chi connectivity index (χ0n) is 21.0. The summed E-state index contributed by atoms with van der Waals surface area (Å²) in [6.07, 6.45) is 0.457. The minimum Gasteiger partial charge on any atom is -0.310 e. The third-order valence-electron chi connectivity index (χ3n) is 6.35. The quantitative estimate of drug-likeness (QED) is 0.435. The molecule has 37 heavy (non-hydrogen) atoms. The van der Waals surface area contributed by atoms with Crippen molar-refractivity contribution in [1.29, 1.82) is 0 Å². The maximum absolute atomic E-state index is 13.8. The van der Waals surface area contributed by atoms with Gasteiger partial charge in [-0.15, -0.1) is 0 Å². The van der Waals surface area contributed by atoms with Gasteiger partial charge >= 0.3 is 0 Å². The van der Waals surface area contributed by atoms with Crippen molar-refractivity contribution in [3.05, 3.63) is 82.4 Å². The van der Waals surface area contributed by atoms with Crippen molar-refractivity contribution in [3.63, 3.8) is 0 Å². The SMILES string of the molecule is Cc1ccc(S(=O)(=O)N(CC(=O)N2CCc3cc(S(=O)(=O)N(C)C)ccc32)c2cc(Cl)ccc2C)cc1. The highest BCUT2D eigenvalue weighted by atomic mass is 35.5. The molecule has 0 aliphatic carbocycles. The summed E-state index contributed by atoms with van der Waals surface area (Å²) in [4.78, 5) is 15.3. The third-order valence-corrected chi connectivity index (χ3v) is 10.2. The topological polar surface area (TPSA) is 95.1 Å². The lowest BCUT2D eigenvalue weighted by Crippen LogP contribution is -2.43. The van der Waals surface area contributed by atoms with Crippen molar-refractivity contribution >= 4 is 48.9 Å². The molecular weight excluding hydrogens is 534 g/mol. The zero-order chi connectivity index (χ0) is 27.1. The summed E-state index contributed by atoms with van der Waals surface area (Å²) in [5.74, 6) is -0.433. The van der Waals surface area contributed by atoms with Crippen LogP contribution < -0.4 is 9.21 Å². The third kappa shape index (κ3) is 5.24. The molecule has 0 atom stereocenters. The van der Waals surface area contributed by atoms with E-state index in [0.717, 1.165) is 14.2 Å². The van der Waals surface area contributed by atoms with E-state index >= 15 is 0 Å². The number of hydrogen-bond acceptors (Lipinski definition) is 5. The molecule has 11 heteroatoms. The van der Waals surface area contributed by atoms with Gasteiger partial charge in [0.25, 0.3) is 10.0 Å². The Bertz CT molecular complexity index is 1570. The van der Waals surface area contributed by atoms with Gasteiger partial charge in [-0.1, -0.05) is 35.4 Å². The summed E-state index contributed by atoms with van der Waals surface area (Å²) in [5, 5.41) is 0.346. The summed E-state index contributed by atoms with van der Waals surface area (Å²) in [6.45, 7) is 3.48. The molecule has 3 aromatic carbocycles. The molecule has 0 radical (unpaired) electrons. The number of nitrogens with zero attached hydrogens (tertiary/aromatic N) is 3. The maximum Gasteiger partial charge on any atom is 0.264 e. The second kappa shape index (κ2) is 10.1. The average Bonchev–Trinajstić information content (AvgIpc) is 3.27. The zero-order valence-corrected chi connectivity index (χ0v) is 23.4. The Hall–Kier alpha value is -2.92. The number of hydrogen-bond donors (Lipinski definition) is 0. The number of amides is 1.